The molecule has 0 saturated carbocycles. The summed E-state index contributed by atoms with van der Waals surface area (Å²) in [5, 5.41) is 13.2. The summed E-state index contributed by atoms with van der Waals surface area (Å²) in [6.07, 6.45) is 3.17. The first-order chi connectivity index (χ1) is 6.65. The van der Waals surface area contributed by atoms with E-state index in [4.69, 9.17) is 0 Å². The van der Waals surface area contributed by atoms with Gasteiger partial charge in [0.15, 0.2) is 0 Å². The quantitative estimate of drug-likeness (QED) is 0.632. The zero-order valence-corrected chi connectivity index (χ0v) is 10.2. The van der Waals surface area contributed by atoms with E-state index in [-0.39, 0.29) is 6.10 Å². The number of hydrogen-bond donors (Lipinski definition) is 2. The number of rotatable bonds is 8. The third kappa shape index (κ3) is 5.61. The van der Waals surface area contributed by atoms with Crippen molar-refractivity contribution >= 4 is 0 Å². The van der Waals surface area contributed by atoms with E-state index in [0.29, 0.717) is 11.8 Å². The first-order valence-corrected chi connectivity index (χ1v) is 6.04. The third-order valence-corrected chi connectivity index (χ3v) is 3.14. The highest BCUT2D eigenvalue weighted by atomic mass is 16.3. The molecule has 0 aliphatic rings. The molecule has 2 atom stereocenters. The summed E-state index contributed by atoms with van der Waals surface area (Å²) < 4.78 is 0. The summed E-state index contributed by atoms with van der Waals surface area (Å²) in [7, 11) is 0. The summed E-state index contributed by atoms with van der Waals surface area (Å²) in [6.45, 7) is 10.5. The molecule has 2 N–H and O–H groups in total. The second-order valence-corrected chi connectivity index (χ2v) is 4.32. The Labute approximate surface area is 89.1 Å². The lowest BCUT2D eigenvalue weighted by molar-refractivity contribution is 0.101. The predicted octanol–water partition coefficient (Wildman–Crippen LogP) is 2.42. The van der Waals surface area contributed by atoms with Crippen molar-refractivity contribution in [2.45, 2.75) is 53.1 Å². The maximum absolute atomic E-state index is 9.83. The van der Waals surface area contributed by atoms with Crippen molar-refractivity contribution in [1.29, 1.82) is 0 Å². The molecule has 0 aliphatic carbocycles. The van der Waals surface area contributed by atoms with Gasteiger partial charge in [-0.15, -0.1) is 0 Å². The van der Waals surface area contributed by atoms with Gasteiger partial charge < -0.3 is 10.4 Å². The molecule has 0 saturated heterocycles. The van der Waals surface area contributed by atoms with Gasteiger partial charge in [0.25, 0.3) is 0 Å². The smallest absolute Gasteiger partial charge is 0.0692 e. The molecule has 0 spiro atoms. The van der Waals surface area contributed by atoms with E-state index in [9.17, 15) is 5.11 Å². The number of hydrogen-bond acceptors (Lipinski definition) is 2. The van der Waals surface area contributed by atoms with Crippen LogP contribution in [0.5, 0.6) is 0 Å². The number of nitrogens with one attached hydrogen (secondary N) is 1. The first kappa shape index (κ1) is 13.9. The Morgan fingerprint density at radius 1 is 1.00 bits per heavy atom. The van der Waals surface area contributed by atoms with Gasteiger partial charge in [-0.05, 0) is 18.4 Å². The van der Waals surface area contributed by atoms with Crippen molar-refractivity contribution < 1.29 is 5.11 Å². The van der Waals surface area contributed by atoms with Gasteiger partial charge >= 0.3 is 0 Å². The molecular weight excluding hydrogens is 174 g/mol. The van der Waals surface area contributed by atoms with E-state index in [1.165, 1.54) is 6.42 Å². The summed E-state index contributed by atoms with van der Waals surface area (Å²) in [6, 6.07) is 0. The van der Waals surface area contributed by atoms with Crippen LogP contribution in [-0.4, -0.2) is 24.3 Å². The first-order valence-electron chi connectivity index (χ1n) is 6.04. The lowest BCUT2D eigenvalue weighted by Gasteiger charge is -2.21. The van der Waals surface area contributed by atoms with Crippen LogP contribution in [0, 0.1) is 11.8 Å². The normalized spacial score (nSPS) is 15.9. The predicted molar refractivity (Wildman–Crippen MR) is 62.4 cm³/mol. The average molecular weight is 201 g/mol. The maximum atomic E-state index is 9.83. The molecule has 0 aromatic rings. The van der Waals surface area contributed by atoms with Gasteiger partial charge in [0.1, 0.15) is 0 Å². The largest absolute Gasteiger partial charge is 0.392 e. The van der Waals surface area contributed by atoms with E-state index in [2.05, 4.69) is 33.0 Å². The Bertz CT molecular complexity index is 123. The second-order valence-electron chi connectivity index (χ2n) is 4.32. The van der Waals surface area contributed by atoms with Gasteiger partial charge in [0, 0.05) is 6.54 Å². The van der Waals surface area contributed by atoms with E-state index in [0.717, 1.165) is 25.9 Å². The SMILES string of the molecule is CCC(C)CNCC(O)C(CC)CC. The lowest BCUT2D eigenvalue weighted by Crippen LogP contribution is -2.34. The molecule has 0 heterocycles. The van der Waals surface area contributed by atoms with Crippen LogP contribution in [0.3, 0.4) is 0 Å². The molecule has 2 heteroatoms. The van der Waals surface area contributed by atoms with Gasteiger partial charge in [-0.25, -0.2) is 0 Å². The summed E-state index contributed by atoms with van der Waals surface area (Å²) in [5.41, 5.74) is 0. The number of aliphatic hydroxyl groups excluding tert-OH is 1. The Hall–Kier alpha value is -0.0800. The van der Waals surface area contributed by atoms with Crippen molar-refractivity contribution in [2.24, 2.45) is 11.8 Å². The molecule has 0 aromatic carbocycles. The van der Waals surface area contributed by atoms with Gasteiger partial charge in [0.05, 0.1) is 6.10 Å². The Morgan fingerprint density at radius 3 is 2.00 bits per heavy atom. The van der Waals surface area contributed by atoms with Crippen LogP contribution < -0.4 is 5.32 Å². The molecule has 0 fully saturated rings. The molecule has 0 bridgehead atoms. The maximum Gasteiger partial charge on any atom is 0.0692 e. The van der Waals surface area contributed by atoms with Crippen LogP contribution in [0.1, 0.15) is 47.0 Å². The van der Waals surface area contributed by atoms with E-state index < -0.39 is 0 Å². The summed E-state index contributed by atoms with van der Waals surface area (Å²) >= 11 is 0. The fraction of sp³-hybridized carbons (Fsp3) is 1.00. The van der Waals surface area contributed by atoms with Crippen molar-refractivity contribution in [3.05, 3.63) is 0 Å². The van der Waals surface area contributed by atoms with Crippen LogP contribution in [0.2, 0.25) is 0 Å². The van der Waals surface area contributed by atoms with E-state index in [1.54, 1.807) is 0 Å². The summed E-state index contributed by atoms with van der Waals surface area (Å²) in [5.74, 6) is 1.17. The van der Waals surface area contributed by atoms with Gasteiger partial charge in [0.2, 0.25) is 0 Å². The van der Waals surface area contributed by atoms with E-state index in [1.807, 2.05) is 0 Å². The van der Waals surface area contributed by atoms with Crippen molar-refractivity contribution in [1.82, 2.24) is 5.32 Å². The highest BCUT2D eigenvalue weighted by Crippen LogP contribution is 2.12. The molecule has 2 unspecified atom stereocenters. The zero-order valence-electron chi connectivity index (χ0n) is 10.2. The Morgan fingerprint density at radius 2 is 1.57 bits per heavy atom. The Kier molecular flexibility index (Phi) is 8.20. The highest BCUT2D eigenvalue weighted by molar-refractivity contribution is 4.69. The monoisotopic (exact) mass is 201 g/mol. The molecule has 86 valence electrons. The average Bonchev–Trinajstić information content (AvgIpc) is 2.19. The van der Waals surface area contributed by atoms with Crippen LogP contribution in [0.4, 0.5) is 0 Å². The minimum absolute atomic E-state index is 0.172. The molecular formula is C12H27NO. The molecule has 0 aliphatic heterocycles. The standard InChI is InChI=1S/C12H27NO/c1-5-10(4)8-13-9-12(14)11(6-2)7-3/h10-14H,5-9H2,1-4H3. The van der Waals surface area contributed by atoms with Crippen molar-refractivity contribution in [3.8, 4) is 0 Å². The molecule has 14 heavy (non-hydrogen) atoms. The molecule has 0 rings (SSSR count). The molecule has 0 amide bonds. The molecule has 0 aromatic heterocycles. The van der Waals surface area contributed by atoms with Gasteiger partial charge in [-0.1, -0.05) is 47.0 Å². The third-order valence-electron chi connectivity index (χ3n) is 3.14. The molecule has 2 nitrogen and oxygen atoms in total. The van der Waals surface area contributed by atoms with E-state index >= 15 is 0 Å². The van der Waals surface area contributed by atoms with Crippen LogP contribution >= 0.6 is 0 Å². The fourth-order valence-corrected chi connectivity index (χ4v) is 1.62. The van der Waals surface area contributed by atoms with Gasteiger partial charge in [-0.3, -0.25) is 0 Å². The second kappa shape index (κ2) is 8.25. The highest BCUT2D eigenvalue weighted by Gasteiger charge is 2.14. The van der Waals surface area contributed by atoms with Crippen LogP contribution in [0.25, 0.3) is 0 Å². The minimum Gasteiger partial charge on any atom is -0.392 e. The van der Waals surface area contributed by atoms with Crippen LogP contribution in [0.15, 0.2) is 0 Å². The minimum atomic E-state index is -0.172. The van der Waals surface area contributed by atoms with Gasteiger partial charge in [-0.2, -0.15) is 0 Å². The number of aliphatic hydroxyl groups is 1. The zero-order chi connectivity index (χ0) is 11.0. The lowest BCUT2D eigenvalue weighted by atomic mass is 9.96. The van der Waals surface area contributed by atoms with Crippen molar-refractivity contribution in [3.63, 3.8) is 0 Å². The fourth-order valence-electron chi connectivity index (χ4n) is 1.62. The van der Waals surface area contributed by atoms with Crippen molar-refractivity contribution in [2.75, 3.05) is 13.1 Å². The summed E-state index contributed by atoms with van der Waals surface area (Å²) in [4.78, 5) is 0. The van der Waals surface area contributed by atoms with Crippen LogP contribution in [-0.2, 0) is 0 Å². The topological polar surface area (TPSA) is 32.3 Å². The Balaban J connectivity index is 3.56. The molecule has 0 radical (unpaired) electrons.